The van der Waals surface area contributed by atoms with Crippen LogP contribution in [0.3, 0.4) is 0 Å². The van der Waals surface area contributed by atoms with Crippen LogP contribution in [0.5, 0.6) is 11.5 Å². The number of nitrogens with zero attached hydrogens (tertiary/aromatic N) is 2. The van der Waals surface area contributed by atoms with E-state index < -0.39 is 11.8 Å². The zero-order valence-corrected chi connectivity index (χ0v) is 27.5. The van der Waals surface area contributed by atoms with E-state index in [1.807, 2.05) is 18.2 Å². The molecule has 2 aliphatic carbocycles. The predicted octanol–water partition coefficient (Wildman–Crippen LogP) is 4.12. The Morgan fingerprint density at radius 1 is 1.04 bits per heavy atom. The summed E-state index contributed by atoms with van der Waals surface area (Å²) < 4.78 is 17.8. The molecule has 3 aromatic rings. The summed E-state index contributed by atoms with van der Waals surface area (Å²) in [7, 11) is 1.58. The van der Waals surface area contributed by atoms with Gasteiger partial charge in [-0.05, 0) is 66.6 Å². The zero-order valence-electron chi connectivity index (χ0n) is 24.3. The minimum atomic E-state index is -0.425. The van der Waals surface area contributed by atoms with Gasteiger partial charge in [0.2, 0.25) is 11.8 Å². The van der Waals surface area contributed by atoms with Gasteiger partial charge in [0, 0.05) is 39.2 Å². The second-order valence-corrected chi connectivity index (χ2v) is 15.3. The summed E-state index contributed by atoms with van der Waals surface area (Å²) in [4.78, 5) is 60.7. The number of nitrogens with one attached hydrogen (secondary N) is 1. The van der Waals surface area contributed by atoms with E-state index in [0.717, 1.165) is 26.4 Å². The number of aromatic nitrogens is 1. The van der Waals surface area contributed by atoms with E-state index in [4.69, 9.17) is 14.2 Å². The average molecular weight is 713 g/mol. The number of H-pyrrole nitrogens is 1. The first-order valence-electron chi connectivity index (χ1n) is 15.0. The lowest BCUT2D eigenvalue weighted by Gasteiger charge is -2.43. The highest BCUT2D eigenvalue weighted by molar-refractivity contribution is 9.10. The summed E-state index contributed by atoms with van der Waals surface area (Å²) in [6.45, 7) is 1.97. The molecule has 10 nitrogen and oxygen atoms in total. The van der Waals surface area contributed by atoms with Gasteiger partial charge < -0.3 is 24.1 Å². The lowest BCUT2D eigenvalue weighted by molar-refractivity contribution is -0.137. The topological polar surface area (TPSA) is 118 Å². The van der Waals surface area contributed by atoms with Crippen LogP contribution in [-0.4, -0.2) is 72.9 Å². The minimum Gasteiger partial charge on any atom is -0.497 e. The molecule has 2 saturated heterocycles. The van der Waals surface area contributed by atoms with E-state index in [0.29, 0.717) is 43.5 Å². The van der Waals surface area contributed by atoms with Crippen molar-refractivity contribution < 1.29 is 28.6 Å². The molecule has 2 saturated carbocycles. The first kappa shape index (κ1) is 29.3. The Hall–Kier alpha value is -3.13. The van der Waals surface area contributed by atoms with Crippen LogP contribution in [0, 0.1) is 29.6 Å². The van der Waals surface area contributed by atoms with Crippen LogP contribution in [-0.2, 0) is 19.1 Å². The lowest BCUT2D eigenvalue weighted by Crippen LogP contribution is -2.43. The number of carbonyl (C=O) groups is 3. The largest absolute Gasteiger partial charge is 0.497 e. The van der Waals surface area contributed by atoms with E-state index in [1.54, 1.807) is 48.0 Å². The smallest absolute Gasteiger partial charge is 0.305 e. The van der Waals surface area contributed by atoms with Gasteiger partial charge in [-0.25, -0.2) is 0 Å². The van der Waals surface area contributed by atoms with E-state index in [-0.39, 0.29) is 58.1 Å². The summed E-state index contributed by atoms with van der Waals surface area (Å²) in [6, 6.07) is 12.8. The van der Waals surface area contributed by atoms with E-state index in [2.05, 4.69) is 20.9 Å². The van der Waals surface area contributed by atoms with Gasteiger partial charge in [0.15, 0.2) is 6.61 Å². The fourth-order valence-corrected chi connectivity index (χ4v) is 11.5. The maximum atomic E-state index is 14.1. The van der Waals surface area contributed by atoms with Crippen LogP contribution < -0.4 is 19.2 Å². The molecule has 5 aliphatic rings. The third kappa shape index (κ3) is 4.68. The van der Waals surface area contributed by atoms with Gasteiger partial charge in [0.25, 0.3) is 5.91 Å². The van der Waals surface area contributed by atoms with Crippen molar-refractivity contribution in [2.75, 3.05) is 44.9 Å². The van der Waals surface area contributed by atoms with Crippen molar-refractivity contribution >= 4 is 62.4 Å². The monoisotopic (exact) mass is 711 g/mol. The van der Waals surface area contributed by atoms with Gasteiger partial charge in [-0.2, -0.15) is 0 Å². The second kappa shape index (κ2) is 11.3. The van der Waals surface area contributed by atoms with E-state index in [1.165, 1.54) is 16.2 Å². The Morgan fingerprint density at radius 2 is 1.78 bits per heavy atom. The number of hydrogen-bond acceptors (Lipinski definition) is 9. The van der Waals surface area contributed by atoms with Gasteiger partial charge in [0.1, 0.15) is 11.5 Å². The van der Waals surface area contributed by atoms with Crippen LogP contribution in [0.15, 0.2) is 56.8 Å². The number of hydrogen-bond donors (Lipinski definition) is 1. The molecule has 4 heterocycles. The number of methoxy groups -OCH3 is 1. The van der Waals surface area contributed by atoms with Crippen molar-refractivity contribution in [3.8, 4) is 11.5 Å². The highest BCUT2D eigenvalue weighted by Gasteiger charge is 2.69. The SMILES string of the molecule is COc1ccc(N2C(=O)[C@H]3[C@H]4C[C@@H]([C@@H]3C2=O)[C@@H]2[C@H](c3cc(Br)ccc3OCC(=O)N3CCOCC3)c3sc(=O)[nH]c3S[C@H]42)cc1. The molecule has 1 N–H and O–H groups in total. The first-order chi connectivity index (χ1) is 21.8. The average Bonchev–Trinajstić information content (AvgIpc) is 3.79. The van der Waals surface area contributed by atoms with Gasteiger partial charge >= 0.3 is 4.87 Å². The van der Waals surface area contributed by atoms with Crippen LogP contribution >= 0.6 is 39.0 Å². The molecule has 13 heteroatoms. The van der Waals surface area contributed by atoms with Crippen molar-refractivity contribution in [3.05, 3.63) is 67.0 Å². The van der Waals surface area contributed by atoms with E-state index >= 15 is 0 Å². The van der Waals surface area contributed by atoms with Crippen molar-refractivity contribution in [2.24, 2.45) is 29.6 Å². The van der Waals surface area contributed by atoms with Gasteiger partial charge in [-0.1, -0.05) is 27.3 Å². The number of rotatable bonds is 6. The third-order valence-electron chi connectivity index (χ3n) is 10.1. The van der Waals surface area contributed by atoms with Crippen molar-refractivity contribution in [2.45, 2.75) is 22.6 Å². The van der Waals surface area contributed by atoms with Crippen LogP contribution in [0.4, 0.5) is 5.69 Å². The number of imide groups is 1. The Balaban J connectivity index is 1.15. The summed E-state index contributed by atoms with van der Waals surface area (Å²) in [5.74, 6) is -0.279. The number of thiazole rings is 1. The van der Waals surface area contributed by atoms with Crippen LogP contribution in [0.1, 0.15) is 22.8 Å². The first-order valence-corrected chi connectivity index (χ1v) is 17.5. The number of carbonyl (C=O) groups excluding carboxylic acids is 3. The third-order valence-corrected chi connectivity index (χ3v) is 13.2. The molecule has 3 amide bonds. The molecule has 4 fully saturated rings. The Bertz CT molecular complexity index is 1750. The van der Waals surface area contributed by atoms with Gasteiger partial charge in [-0.15, -0.1) is 11.8 Å². The molecular weight excluding hydrogens is 682 g/mol. The minimum absolute atomic E-state index is 0.000591. The van der Waals surface area contributed by atoms with Crippen molar-refractivity contribution in [3.63, 3.8) is 0 Å². The molecule has 8 rings (SSSR count). The fourth-order valence-electron chi connectivity index (χ4n) is 8.29. The zero-order chi connectivity index (χ0) is 31.0. The Kier molecular flexibility index (Phi) is 7.34. The predicted molar refractivity (Wildman–Crippen MR) is 171 cm³/mol. The molecule has 45 heavy (non-hydrogen) atoms. The molecule has 3 aliphatic heterocycles. The summed E-state index contributed by atoms with van der Waals surface area (Å²) >= 11 is 6.48. The fraction of sp³-hybridized carbons (Fsp3) is 0.438. The molecule has 234 valence electrons. The summed E-state index contributed by atoms with van der Waals surface area (Å²) in [5, 5.41) is 0.854. The highest BCUT2D eigenvalue weighted by atomic mass is 79.9. The van der Waals surface area contributed by atoms with E-state index in [9.17, 15) is 19.2 Å². The number of fused-ring (bicyclic) bond motifs is 9. The molecule has 2 aromatic carbocycles. The number of morpholine rings is 1. The van der Waals surface area contributed by atoms with Crippen LogP contribution in [0.2, 0.25) is 0 Å². The lowest BCUT2D eigenvalue weighted by atomic mass is 9.68. The summed E-state index contributed by atoms with van der Waals surface area (Å²) in [6.07, 6.45) is 0.779. The second-order valence-electron chi connectivity index (χ2n) is 12.1. The van der Waals surface area contributed by atoms with Gasteiger partial charge in [0.05, 0.1) is 42.9 Å². The van der Waals surface area contributed by atoms with Crippen LogP contribution in [0.25, 0.3) is 0 Å². The molecule has 0 spiro atoms. The molecule has 7 atom stereocenters. The van der Waals surface area contributed by atoms with Gasteiger partial charge in [-0.3, -0.25) is 24.1 Å². The highest BCUT2D eigenvalue weighted by Crippen LogP contribution is 2.69. The Labute approximate surface area is 275 Å². The normalized spacial score (nSPS) is 29.9. The van der Waals surface area contributed by atoms with Crippen molar-refractivity contribution in [1.82, 2.24) is 9.88 Å². The molecule has 0 unspecified atom stereocenters. The number of thioether (sulfide) groups is 1. The molecule has 1 aromatic heterocycles. The Morgan fingerprint density at radius 3 is 2.51 bits per heavy atom. The van der Waals surface area contributed by atoms with Crippen molar-refractivity contribution in [1.29, 1.82) is 0 Å². The molecule has 2 bridgehead atoms. The maximum absolute atomic E-state index is 14.1. The number of amides is 3. The number of aromatic amines is 1. The number of ether oxygens (including phenoxy) is 3. The number of anilines is 1. The molecule has 0 radical (unpaired) electrons. The standard InChI is InChI=1S/C32H30BrN3O7S2/c1-41-17-5-3-16(4-6-17)36-30(38)25-19-13-20(26(25)31(36)39)27-24(19)23(28-29(44-27)34-32(40)45-28)18-12-15(33)2-7-21(18)43-14-22(37)35-8-10-42-11-9-35/h2-7,12,19-20,23-27H,8-11,13-14H2,1H3,(H,34,40)/t19-,20-,23+,24-,25+,26+,27-/m1/s1. The summed E-state index contributed by atoms with van der Waals surface area (Å²) in [5.41, 5.74) is 1.43. The molecular formula is C32H30BrN3O7S2. The maximum Gasteiger partial charge on any atom is 0.305 e. The quantitative estimate of drug-likeness (QED) is 0.380. The number of halogens is 1. The number of benzene rings is 2.